The fraction of sp³-hybridized carbons (Fsp3) is 0.643. The Morgan fingerprint density at radius 1 is 1.07 bits per heavy atom. The molecule has 2 aliphatic carbocycles. The molecule has 2 rings (SSSR count). The van der Waals surface area contributed by atoms with Crippen molar-refractivity contribution in [1.82, 2.24) is 0 Å². The zero-order valence-electron chi connectivity index (χ0n) is 9.28. The summed E-state index contributed by atoms with van der Waals surface area (Å²) in [5.41, 5.74) is 0. The fourth-order valence-corrected chi connectivity index (χ4v) is 2.82. The molecule has 0 saturated carbocycles. The molecule has 0 nitrogen and oxygen atoms in total. The molecule has 0 spiro atoms. The Kier molecular flexibility index (Phi) is 4.44. The molecule has 3 atom stereocenters. The van der Waals surface area contributed by atoms with E-state index in [0.717, 1.165) is 17.8 Å². The first-order chi connectivity index (χ1) is 6.38. The van der Waals surface area contributed by atoms with E-state index in [4.69, 9.17) is 0 Å². The van der Waals surface area contributed by atoms with Crippen LogP contribution in [0.1, 0.15) is 39.0 Å². The zero-order valence-corrected chi connectivity index (χ0v) is 9.28. The lowest BCUT2D eigenvalue weighted by Gasteiger charge is -2.33. The van der Waals surface area contributed by atoms with Gasteiger partial charge in [0.2, 0.25) is 0 Å². The van der Waals surface area contributed by atoms with Crippen molar-refractivity contribution in [2.24, 2.45) is 17.8 Å². The van der Waals surface area contributed by atoms with Crippen LogP contribution in [0.25, 0.3) is 0 Å². The van der Waals surface area contributed by atoms with E-state index in [0.29, 0.717) is 0 Å². The van der Waals surface area contributed by atoms with Crippen molar-refractivity contribution in [3.63, 3.8) is 0 Å². The van der Waals surface area contributed by atoms with Crippen LogP contribution < -0.4 is 0 Å². The molecule has 0 heterocycles. The summed E-state index contributed by atoms with van der Waals surface area (Å²) in [6.45, 7) is 2.39. The molecule has 3 unspecified atom stereocenters. The first-order valence-corrected chi connectivity index (χ1v) is 5.69. The summed E-state index contributed by atoms with van der Waals surface area (Å²) in [5, 5.41) is 0. The SMILES string of the molecule is CC1C=CCCCC2CC=CCC12.[CH2]. The minimum Gasteiger partial charge on any atom is -0.0883 e. The van der Waals surface area contributed by atoms with Gasteiger partial charge in [-0.05, 0) is 49.9 Å². The van der Waals surface area contributed by atoms with Crippen molar-refractivity contribution in [3.05, 3.63) is 31.7 Å². The van der Waals surface area contributed by atoms with Crippen LogP contribution in [0.2, 0.25) is 0 Å². The Bertz CT molecular complexity index is 212. The van der Waals surface area contributed by atoms with Crippen LogP contribution in [0.15, 0.2) is 24.3 Å². The molecule has 2 radical (unpaired) electrons. The van der Waals surface area contributed by atoms with Gasteiger partial charge in [0.1, 0.15) is 0 Å². The standard InChI is InChI=1S/C13H20.CH2/c1-11-7-3-2-4-8-12-9-5-6-10-13(11)12;/h3,5-7,11-13H,2,4,8-10H2,1H3;1H2. The normalized spacial score (nSPS) is 36.5. The van der Waals surface area contributed by atoms with E-state index >= 15 is 0 Å². The first kappa shape index (κ1) is 11.6. The van der Waals surface area contributed by atoms with Crippen molar-refractivity contribution in [2.75, 3.05) is 0 Å². The molecule has 0 heteroatoms. The van der Waals surface area contributed by atoms with E-state index in [2.05, 4.69) is 31.2 Å². The zero-order chi connectivity index (χ0) is 9.10. The lowest BCUT2D eigenvalue weighted by molar-refractivity contribution is 0.243. The lowest BCUT2D eigenvalue weighted by Crippen LogP contribution is -2.23. The molecule has 0 aromatic rings. The largest absolute Gasteiger partial charge is 0.0883 e. The third kappa shape index (κ3) is 2.50. The van der Waals surface area contributed by atoms with E-state index < -0.39 is 0 Å². The highest BCUT2D eigenvalue weighted by Gasteiger charge is 2.26. The van der Waals surface area contributed by atoms with Crippen molar-refractivity contribution < 1.29 is 0 Å². The third-order valence-electron chi connectivity index (χ3n) is 3.68. The van der Waals surface area contributed by atoms with Gasteiger partial charge in [-0.1, -0.05) is 38.7 Å². The van der Waals surface area contributed by atoms with E-state index in [-0.39, 0.29) is 7.43 Å². The van der Waals surface area contributed by atoms with Gasteiger partial charge in [-0.3, -0.25) is 0 Å². The van der Waals surface area contributed by atoms with Crippen molar-refractivity contribution in [2.45, 2.75) is 39.0 Å². The smallest absolute Gasteiger partial charge is 0.0228 e. The van der Waals surface area contributed by atoms with Crippen LogP contribution in [-0.2, 0) is 0 Å². The molecule has 0 saturated heterocycles. The van der Waals surface area contributed by atoms with Crippen molar-refractivity contribution in [1.29, 1.82) is 0 Å². The molecule has 0 N–H and O–H groups in total. The summed E-state index contributed by atoms with van der Waals surface area (Å²) in [6, 6.07) is 0. The van der Waals surface area contributed by atoms with Crippen molar-refractivity contribution >= 4 is 0 Å². The molecule has 0 fully saturated rings. The highest BCUT2D eigenvalue weighted by molar-refractivity contribution is 5.01. The Labute approximate surface area is 89.1 Å². The molecule has 78 valence electrons. The number of hydrogen-bond donors (Lipinski definition) is 0. The van der Waals surface area contributed by atoms with E-state index in [1.807, 2.05) is 0 Å². The van der Waals surface area contributed by atoms with E-state index in [9.17, 15) is 0 Å². The predicted octanol–water partition coefficient (Wildman–Crippen LogP) is 4.27. The molecular formula is C14H22. The summed E-state index contributed by atoms with van der Waals surface area (Å²) in [7, 11) is 0. The number of fused-ring (bicyclic) bond motifs is 1. The van der Waals surface area contributed by atoms with Gasteiger partial charge in [0.25, 0.3) is 0 Å². The molecule has 0 aliphatic heterocycles. The highest BCUT2D eigenvalue weighted by Crippen LogP contribution is 2.36. The number of hydrogen-bond acceptors (Lipinski definition) is 0. The Balaban J connectivity index is 0.000000980. The summed E-state index contributed by atoms with van der Waals surface area (Å²) >= 11 is 0. The molecule has 0 aromatic heterocycles. The summed E-state index contributed by atoms with van der Waals surface area (Å²) < 4.78 is 0. The maximum absolute atomic E-state index is 2.44. The topological polar surface area (TPSA) is 0 Å². The average Bonchev–Trinajstić information content (AvgIpc) is 2.14. The van der Waals surface area contributed by atoms with Gasteiger partial charge < -0.3 is 0 Å². The third-order valence-corrected chi connectivity index (χ3v) is 3.68. The minimum absolute atomic E-state index is 0. The maximum atomic E-state index is 2.44. The van der Waals surface area contributed by atoms with Gasteiger partial charge in [-0.25, -0.2) is 0 Å². The summed E-state index contributed by atoms with van der Waals surface area (Å²) in [6.07, 6.45) is 16.4. The van der Waals surface area contributed by atoms with Crippen molar-refractivity contribution in [3.8, 4) is 0 Å². The second-order valence-corrected chi connectivity index (χ2v) is 4.58. The monoisotopic (exact) mass is 190 g/mol. The van der Waals surface area contributed by atoms with Crippen LogP contribution in [-0.4, -0.2) is 0 Å². The van der Waals surface area contributed by atoms with E-state index in [1.54, 1.807) is 0 Å². The number of allylic oxidation sites excluding steroid dienone is 4. The van der Waals surface area contributed by atoms with Gasteiger partial charge in [0.15, 0.2) is 0 Å². The molecule has 14 heavy (non-hydrogen) atoms. The first-order valence-electron chi connectivity index (χ1n) is 5.69. The number of rotatable bonds is 0. The van der Waals surface area contributed by atoms with Crippen LogP contribution >= 0.6 is 0 Å². The highest BCUT2D eigenvalue weighted by atomic mass is 14.3. The molecular weight excluding hydrogens is 168 g/mol. The quantitative estimate of drug-likeness (QED) is 0.500. The molecule has 0 amide bonds. The van der Waals surface area contributed by atoms with Gasteiger partial charge in [0, 0.05) is 0 Å². The second-order valence-electron chi connectivity index (χ2n) is 4.58. The van der Waals surface area contributed by atoms with Gasteiger partial charge >= 0.3 is 0 Å². The second kappa shape index (κ2) is 5.38. The average molecular weight is 190 g/mol. The van der Waals surface area contributed by atoms with Crippen LogP contribution in [0.3, 0.4) is 0 Å². The molecule has 0 aromatic carbocycles. The van der Waals surface area contributed by atoms with Gasteiger partial charge in [0.05, 0.1) is 0 Å². The Morgan fingerprint density at radius 2 is 1.86 bits per heavy atom. The maximum Gasteiger partial charge on any atom is -0.0228 e. The summed E-state index contributed by atoms with van der Waals surface area (Å²) in [5.74, 6) is 2.71. The van der Waals surface area contributed by atoms with Crippen LogP contribution in [0.4, 0.5) is 0 Å². The Morgan fingerprint density at radius 3 is 2.71 bits per heavy atom. The van der Waals surface area contributed by atoms with Gasteiger partial charge in [-0.15, -0.1) is 0 Å². The van der Waals surface area contributed by atoms with Gasteiger partial charge in [-0.2, -0.15) is 0 Å². The molecule has 2 aliphatic rings. The van der Waals surface area contributed by atoms with E-state index in [1.165, 1.54) is 32.1 Å². The lowest BCUT2D eigenvalue weighted by atomic mass is 9.72. The Hall–Kier alpha value is -0.520. The van der Waals surface area contributed by atoms with Crippen LogP contribution in [0.5, 0.6) is 0 Å². The summed E-state index contributed by atoms with van der Waals surface area (Å²) in [4.78, 5) is 0. The van der Waals surface area contributed by atoms with Crippen LogP contribution in [0, 0.1) is 25.2 Å². The minimum atomic E-state index is 0. The predicted molar refractivity (Wildman–Crippen MR) is 62.9 cm³/mol. The molecule has 0 bridgehead atoms. The fourth-order valence-electron chi connectivity index (χ4n) is 2.82.